The molecule has 2 heterocycles. The molecule has 1 aromatic carbocycles. The van der Waals surface area contributed by atoms with Crippen LogP contribution in [-0.4, -0.2) is 30.4 Å². The van der Waals surface area contributed by atoms with Gasteiger partial charge in [0.25, 0.3) is 0 Å². The number of alkyl halides is 1. The number of nitrogens with one attached hydrogen (secondary N) is 1. The first kappa shape index (κ1) is 10.9. The number of nitrogens with zero attached hydrogens (tertiary/aromatic N) is 5. The van der Waals surface area contributed by atoms with Crippen molar-refractivity contribution in [3.05, 3.63) is 42.4 Å². The molecule has 0 amide bonds. The number of aromatic nitrogens is 6. The van der Waals surface area contributed by atoms with E-state index in [0.29, 0.717) is 5.88 Å². The summed E-state index contributed by atoms with van der Waals surface area (Å²) in [5.41, 5.74) is 3.60. The third-order valence-electron chi connectivity index (χ3n) is 2.53. The van der Waals surface area contributed by atoms with E-state index in [1.54, 1.807) is 11.0 Å². The van der Waals surface area contributed by atoms with Gasteiger partial charge >= 0.3 is 0 Å². The molecule has 0 aliphatic carbocycles. The molecule has 0 spiro atoms. The molecule has 1 N–H and O–H groups in total. The molecule has 0 bridgehead atoms. The van der Waals surface area contributed by atoms with Crippen LogP contribution in [0.15, 0.2) is 36.7 Å². The van der Waals surface area contributed by atoms with E-state index in [2.05, 4.69) is 25.7 Å². The Morgan fingerprint density at radius 2 is 2.22 bits per heavy atom. The minimum Gasteiger partial charge on any atom is -0.281 e. The topological polar surface area (TPSA) is 72.3 Å². The lowest BCUT2D eigenvalue weighted by Gasteiger charge is -2.01. The van der Waals surface area contributed by atoms with Gasteiger partial charge in [-0.15, -0.1) is 16.7 Å². The lowest BCUT2D eigenvalue weighted by atomic mass is 10.1. The van der Waals surface area contributed by atoms with Crippen LogP contribution in [-0.2, 0) is 5.88 Å². The van der Waals surface area contributed by atoms with Crippen molar-refractivity contribution in [2.75, 3.05) is 0 Å². The number of benzene rings is 1. The van der Waals surface area contributed by atoms with Gasteiger partial charge in [0.15, 0.2) is 0 Å². The molecule has 7 heteroatoms. The van der Waals surface area contributed by atoms with E-state index in [9.17, 15) is 0 Å². The van der Waals surface area contributed by atoms with Crippen LogP contribution in [0, 0.1) is 0 Å². The lowest BCUT2D eigenvalue weighted by molar-refractivity contribution is 0.789. The number of hydrogen-bond acceptors (Lipinski definition) is 4. The Hall–Kier alpha value is -2.21. The van der Waals surface area contributed by atoms with Gasteiger partial charge in [0.2, 0.25) is 0 Å². The van der Waals surface area contributed by atoms with Crippen LogP contribution in [0.25, 0.3) is 16.9 Å². The van der Waals surface area contributed by atoms with Crippen LogP contribution in [0.1, 0.15) is 5.69 Å². The lowest BCUT2D eigenvalue weighted by Crippen LogP contribution is -1.95. The summed E-state index contributed by atoms with van der Waals surface area (Å²) in [6.07, 6.45) is 1.55. The molecule has 0 atom stereocenters. The van der Waals surface area contributed by atoms with Crippen molar-refractivity contribution in [1.29, 1.82) is 0 Å². The molecule has 0 unspecified atom stereocenters. The Labute approximate surface area is 108 Å². The maximum atomic E-state index is 5.74. The normalized spacial score (nSPS) is 10.7. The minimum absolute atomic E-state index is 0.416. The van der Waals surface area contributed by atoms with Gasteiger partial charge in [0.1, 0.15) is 6.33 Å². The molecule has 0 saturated heterocycles. The summed E-state index contributed by atoms with van der Waals surface area (Å²) in [4.78, 5) is 0. The van der Waals surface area contributed by atoms with E-state index in [-0.39, 0.29) is 0 Å². The minimum atomic E-state index is 0.416. The summed E-state index contributed by atoms with van der Waals surface area (Å²) < 4.78 is 1.60. The first-order valence-corrected chi connectivity index (χ1v) is 5.84. The Morgan fingerprint density at radius 3 is 2.94 bits per heavy atom. The molecule has 0 saturated carbocycles. The van der Waals surface area contributed by atoms with Crippen molar-refractivity contribution in [3.8, 4) is 16.9 Å². The standard InChI is InChI=1S/C11H9ClN6/c12-6-9-5-11(15-14-9)8-2-1-3-10(4-8)18-7-13-16-17-18/h1-5,7H,6H2,(H,14,15). The zero-order chi connectivity index (χ0) is 12.4. The number of halogens is 1. The predicted molar refractivity (Wildman–Crippen MR) is 66.3 cm³/mol. The van der Waals surface area contributed by atoms with Crippen LogP contribution in [0.3, 0.4) is 0 Å². The SMILES string of the molecule is ClCc1cc(-c2cccc(-n3cnnn3)c2)n[nH]1. The van der Waals surface area contributed by atoms with Gasteiger partial charge in [0, 0.05) is 5.56 Å². The smallest absolute Gasteiger partial charge is 0.143 e. The fourth-order valence-electron chi connectivity index (χ4n) is 1.67. The highest BCUT2D eigenvalue weighted by molar-refractivity contribution is 6.16. The van der Waals surface area contributed by atoms with Gasteiger partial charge in [-0.05, 0) is 28.6 Å². The van der Waals surface area contributed by atoms with Crippen LogP contribution in [0.4, 0.5) is 0 Å². The maximum absolute atomic E-state index is 5.74. The fourth-order valence-corrected chi connectivity index (χ4v) is 1.80. The summed E-state index contributed by atoms with van der Waals surface area (Å²) in [6.45, 7) is 0. The van der Waals surface area contributed by atoms with Crippen molar-refractivity contribution in [2.45, 2.75) is 5.88 Å². The molecule has 0 radical (unpaired) electrons. The third-order valence-corrected chi connectivity index (χ3v) is 2.82. The molecule has 6 nitrogen and oxygen atoms in total. The average molecular weight is 261 g/mol. The molecule has 0 fully saturated rings. The molecular formula is C11H9ClN6. The summed E-state index contributed by atoms with van der Waals surface area (Å²) >= 11 is 5.74. The van der Waals surface area contributed by atoms with Gasteiger partial charge in [-0.3, -0.25) is 5.10 Å². The Kier molecular flexibility index (Phi) is 2.77. The van der Waals surface area contributed by atoms with E-state index < -0.39 is 0 Å². The number of H-pyrrole nitrogens is 1. The predicted octanol–water partition coefficient (Wildman–Crippen LogP) is 1.79. The van der Waals surface area contributed by atoms with Gasteiger partial charge in [-0.2, -0.15) is 5.10 Å². The van der Waals surface area contributed by atoms with Crippen molar-refractivity contribution in [1.82, 2.24) is 30.4 Å². The molecular weight excluding hydrogens is 252 g/mol. The summed E-state index contributed by atoms with van der Waals surface area (Å²) in [5.74, 6) is 0.416. The number of aromatic amines is 1. The zero-order valence-electron chi connectivity index (χ0n) is 9.29. The second kappa shape index (κ2) is 4.58. The van der Waals surface area contributed by atoms with Crippen LogP contribution in [0.5, 0.6) is 0 Å². The van der Waals surface area contributed by atoms with E-state index in [4.69, 9.17) is 11.6 Å². The number of rotatable bonds is 3. The van der Waals surface area contributed by atoms with Gasteiger partial charge in [-0.1, -0.05) is 12.1 Å². The van der Waals surface area contributed by atoms with Crippen LogP contribution in [0.2, 0.25) is 0 Å². The zero-order valence-corrected chi connectivity index (χ0v) is 10.0. The average Bonchev–Trinajstić information content (AvgIpc) is 3.10. The van der Waals surface area contributed by atoms with Crippen molar-refractivity contribution >= 4 is 11.6 Å². The highest BCUT2D eigenvalue weighted by Crippen LogP contribution is 2.20. The van der Waals surface area contributed by atoms with Gasteiger partial charge in [0.05, 0.1) is 23.0 Å². The molecule has 90 valence electrons. The molecule has 2 aromatic heterocycles. The summed E-state index contributed by atoms with van der Waals surface area (Å²) in [5, 5.41) is 18.2. The maximum Gasteiger partial charge on any atom is 0.143 e. The summed E-state index contributed by atoms with van der Waals surface area (Å²) in [6, 6.07) is 9.72. The van der Waals surface area contributed by atoms with Crippen molar-refractivity contribution in [3.63, 3.8) is 0 Å². The fraction of sp³-hybridized carbons (Fsp3) is 0.0909. The molecule has 0 aliphatic heterocycles. The third kappa shape index (κ3) is 1.98. The van der Waals surface area contributed by atoms with E-state index in [1.807, 2.05) is 30.3 Å². The second-order valence-electron chi connectivity index (χ2n) is 3.72. The van der Waals surface area contributed by atoms with Crippen LogP contribution < -0.4 is 0 Å². The summed E-state index contributed by atoms with van der Waals surface area (Å²) in [7, 11) is 0. The van der Waals surface area contributed by atoms with Crippen molar-refractivity contribution in [2.24, 2.45) is 0 Å². The Balaban J connectivity index is 2.00. The first-order chi connectivity index (χ1) is 8.86. The second-order valence-corrected chi connectivity index (χ2v) is 3.98. The van der Waals surface area contributed by atoms with Crippen LogP contribution >= 0.6 is 11.6 Å². The quantitative estimate of drug-likeness (QED) is 0.729. The molecule has 18 heavy (non-hydrogen) atoms. The van der Waals surface area contributed by atoms with E-state index >= 15 is 0 Å². The Morgan fingerprint density at radius 1 is 1.28 bits per heavy atom. The monoisotopic (exact) mass is 260 g/mol. The van der Waals surface area contributed by atoms with E-state index in [1.165, 1.54) is 0 Å². The highest BCUT2D eigenvalue weighted by Gasteiger charge is 2.05. The number of hydrogen-bond donors (Lipinski definition) is 1. The van der Waals surface area contributed by atoms with Gasteiger partial charge in [-0.25, -0.2) is 4.68 Å². The largest absolute Gasteiger partial charge is 0.281 e. The molecule has 3 rings (SSSR count). The molecule has 0 aliphatic rings. The van der Waals surface area contributed by atoms with Gasteiger partial charge < -0.3 is 0 Å². The van der Waals surface area contributed by atoms with E-state index in [0.717, 1.165) is 22.6 Å². The molecule has 3 aromatic rings. The Bertz CT molecular complexity index is 645. The van der Waals surface area contributed by atoms with Crippen molar-refractivity contribution < 1.29 is 0 Å². The highest BCUT2D eigenvalue weighted by atomic mass is 35.5. The first-order valence-electron chi connectivity index (χ1n) is 5.31. The number of tetrazole rings is 1.